The molecule has 210 valence electrons. The Kier molecular flexibility index (Phi) is 9.18. The topological polar surface area (TPSA) is 175 Å². The molecule has 1 aromatic carbocycles. The lowest BCUT2D eigenvalue weighted by atomic mass is 10.0. The van der Waals surface area contributed by atoms with Crippen molar-refractivity contribution in [2.75, 3.05) is 11.9 Å². The molecule has 0 aliphatic carbocycles. The third-order valence-electron chi connectivity index (χ3n) is 6.54. The van der Waals surface area contributed by atoms with Gasteiger partial charge in [0.2, 0.25) is 27.5 Å². The first-order valence-electron chi connectivity index (χ1n) is 12.5. The van der Waals surface area contributed by atoms with E-state index in [-0.39, 0.29) is 17.4 Å². The number of carboxylic acids is 1. The van der Waals surface area contributed by atoms with E-state index in [1.807, 2.05) is 20.8 Å². The number of rotatable bonds is 12. The lowest BCUT2D eigenvalue weighted by Gasteiger charge is -2.28. The Bertz CT molecular complexity index is 1250. The van der Waals surface area contributed by atoms with Crippen LogP contribution in [0.25, 0.3) is 0 Å². The van der Waals surface area contributed by atoms with E-state index in [1.165, 1.54) is 0 Å². The summed E-state index contributed by atoms with van der Waals surface area (Å²) in [5.41, 5.74) is 4.50. The second kappa shape index (κ2) is 11.8. The van der Waals surface area contributed by atoms with Gasteiger partial charge >= 0.3 is 5.97 Å². The molecule has 12 nitrogen and oxygen atoms in total. The molecule has 1 aromatic heterocycles. The molecule has 0 saturated carbocycles. The molecule has 0 spiro atoms. The number of amides is 1. The Labute approximate surface area is 223 Å². The predicted molar refractivity (Wildman–Crippen MR) is 142 cm³/mol. The number of H-pyrrole nitrogens is 1. The molecule has 3 unspecified atom stereocenters. The molecule has 1 aliphatic heterocycles. The van der Waals surface area contributed by atoms with E-state index in [9.17, 15) is 23.1 Å². The fourth-order valence-electron chi connectivity index (χ4n) is 4.66. The van der Waals surface area contributed by atoms with Crippen molar-refractivity contribution >= 4 is 27.8 Å². The van der Waals surface area contributed by atoms with Gasteiger partial charge in [-0.2, -0.15) is 10.2 Å². The zero-order chi connectivity index (χ0) is 28.3. The number of hydrogen-bond donors (Lipinski definition) is 6. The van der Waals surface area contributed by atoms with Gasteiger partial charge in [-0.15, -0.1) is 0 Å². The van der Waals surface area contributed by atoms with E-state index in [0.29, 0.717) is 24.1 Å². The molecular weight excluding hydrogens is 512 g/mol. The van der Waals surface area contributed by atoms with Crippen LogP contribution in [0.3, 0.4) is 0 Å². The highest BCUT2D eigenvalue weighted by Gasteiger charge is 2.41. The molecule has 1 saturated heterocycles. The minimum atomic E-state index is -4.26. The number of aliphatic carboxylic acids is 1. The van der Waals surface area contributed by atoms with Gasteiger partial charge in [-0.25, -0.2) is 18.2 Å². The zero-order valence-electron chi connectivity index (χ0n) is 22.7. The first-order chi connectivity index (χ1) is 17.7. The maximum Gasteiger partial charge on any atom is 0.345 e. The van der Waals surface area contributed by atoms with E-state index in [0.717, 1.165) is 42.7 Å². The van der Waals surface area contributed by atoms with E-state index in [1.54, 1.807) is 26.0 Å². The van der Waals surface area contributed by atoms with Crippen LogP contribution in [0.15, 0.2) is 17.0 Å². The van der Waals surface area contributed by atoms with E-state index in [4.69, 9.17) is 4.84 Å². The summed E-state index contributed by atoms with van der Waals surface area (Å²) in [7, 11) is -4.26. The third-order valence-corrected chi connectivity index (χ3v) is 8.40. The Morgan fingerprint density at radius 1 is 1.18 bits per heavy atom. The molecule has 0 radical (unpaired) electrons. The van der Waals surface area contributed by atoms with Gasteiger partial charge in [0.15, 0.2) is 0 Å². The highest BCUT2D eigenvalue weighted by Crippen LogP contribution is 2.23. The molecule has 2 heterocycles. The number of benzene rings is 1. The quantitative estimate of drug-likeness (QED) is 0.171. The molecule has 1 fully saturated rings. The smallest absolute Gasteiger partial charge is 0.345 e. The Morgan fingerprint density at radius 2 is 1.84 bits per heavy atom. The van der Waals surface area contributed by atoms with Crippen molar-refractivity contribution in [1.82, 2.24) is 25.5 Å². The van der Waals surface area contributed by atoms with Gasteiger partial charge in [0.1, 0.15) is 0 Å². The molecule has 3 rings (SSSR count). The lowest BCUT2D eigenvalue weighted by Crippen LogP contribution is -2.63. The fraction of sp³-hybridized carbons (Fsp3) is 0.560. The average Bonchev–Trinajstić information content (AvgIpc) is 3.34. The Balaban J connectivity index is 1.52. The summed E-state index contributed by atoms with van der Waals surface area (Å²) in [6.45, 7) is 10.8. The van der Waals surface area contributed by atoms with Crippen molar-refractivity contribution in [3.05, 3.63) is 40.2 Å². The summed E-state index contributed by atoms with van der Waals surface area (Å²) in [5, 5.41) is 15.4. The highest BCUT2D eigenvalue weighted by molar-refractivity contribution is 7.89. The first-order valence-corrected chi connectivity index (χ1v) is 14.0. The minimum Gasteiger partial charge on any atom is -0.478 e. The highest BCUT2D eigenvalue weighted by atomic mass is 32.2. The van der Waals surface area contributed by atoms with Crippen LogP contribution in [0.5, 0.6) is 0 Å². The molecule has 2 aromatic rings. The second-order valence-corrected chi connectivity index (χ2v) is 11.8. The van der Waals surface area contributed by atoms with Gasteiger partial charge < -0.3 is 20.7 Å². The van der Waals surface area contributed by atoms with Crippen LogP contribution in [-0.2, 0) is 24.4 Å². The molecule has 0 bridgehead atoms. The number of carbonyl (C=O) groups is 2. The molecule has 1 aliphatic rings. The number of hydroxylamine groups is 1. The Morgan fingerprint density at radius 3 is 2.42 bits per heavy atom. The number of imidazole rings is 1. The summed E-state index contributed by atoms with van der Waals surface area (Å²) in [6.07, 6.45) is 1.60. The van der Waals surface area contributed by atoms with Crippen LogP contribution in [0.1, 0.15) is 60.7 Å². The van der Waals surface area contributed by atoms with Gasteiger partial charge in [-0.3, -0.25) is 9.63 Å². The van der Waals surface area contributed by atoms with Crippen LogP contribution in [0.4, 0.5) is 5.95 Å². The van der Waals surface area contributed by atoms with Crippen LogP contribution >= 0.6 is 0 Å². The number of aromatic amines is 1. The number of carboxylic acid groups (broad SMARTS) is 1. The van der Waals surface area contributed by atoms with Crippen LogP contribution < -0.4 is 20.8 Å². The lowest BCUT2D eigenvalue weighted by molar-refractivity contribution is -0.148. The monoisotopic (exact) mass is 550 g/mol. The van der Waals surface area contributed by atoms with Crippen LogP contribution in [0, 0.1) is 34.6 Å². The summed E-state index contributed by atoms with van der Waals surface area (Å²) >= 11 is 0. The summed E-state index contributed by atoms with van der Waals surface area (Å²) in [6, 6.07) is 3.44. The molecule has 1 amide bonds. The molecule has 38 heavy (non-hydrogen) atoms. The normalized spacial score (nSPS) is 19.2. The maximum absolute atomic E-state index is 13.1. The van der Waals surface area contributed by atoms with Gasteiger partial charge in [0.05, 0.1) is 23.1 Å². The number of carbonyl (C=O) groups excluding carboxylic acids is 1. The minimum absolute atomic E-state index is 0.0113. The Hall–Kier alpha value is -3.00. The van der Waals surface area contributed by atoms with E-state index >= 15 is 0 Å². The number of aromatic nitrogens is 2. The fourth-order valence-corrected chi connectivity index (χ4v) is 6.41. The number of nitrogens with one attached hydrogen (secondary N) is 5. The number of aryl methyl sites for hydroxylation is 5. The largest absolute Gasteiger partial charge is 0.478 e. The molecule has 6 N–H and O–H groups in total. The predicted octanol–water partition coefficient (Wildman–Crippen LogP) is 2.09. The zero-order valence-corrected chi connectivity index (χ0v) is 23.5. The van der Waals surface area contributed by atoms with Crippen molar-refractivity contribution in [2.45, 2.75) is 89.9 Å². The summed E-state index contributed by atoms with van der Waals surface area (Å²) < 4.78 is 28.4. The standard InChI is InChI=1S/C25H38N6O6S/c1-14-10-15(2)22(16(3)11-14)38(35,36)31-25(6,23(33)34)29-21(32)13-20-12-19(30-37-20)8-7-9-26-24-27-17(4)18(5)28-24/h10-11,19-20,30-31H,7-9,12-13H2,1-6H3,(H,29,32)(H,33,34)(H2,26,27,28). The van der Waals surface area contributed by atoms with Crippen molar-refractivity contribution in [3.63, 3.8) is 0 Å². The van der Waals surface area contributed by atoms with Crippen molar-refractivity contribution in [3.8, 4) is 0 Å². The number of hydrogen-bond acceptors (Lipinski definition) is 8. The van der Waals surface area contributed by atoms with Gasteiger partial charge in [0, 0.05) is 18.3 Å². The molecule has 13 heteroatoms. The van der Waals surface area contributed by atoms with Crippen molar-refractivity contribution in [2.24, 2.45) is 0 Å². The van der Waals surface area contributed by atoms with Crippen molar-refractivity contribution < 1.29 is 28.0 Å². The molecule has 3 atom stereocenters. The van der Waals surface area contributed by atoms with Gasteiger partial charge in [-0.05, 0) is 71.9 Å². The van der Waals surface area contributed by atoms with Crippen LogP contribution in [-0.4, -0.2) is 59.7 Å². The molecular formula is C25H38N6O6S. The first kappa shape index (κ1) is 29.6. The average molecular weight is 551 g/mol. The number of anilines is 1. The van der Waals surface area contributed by atoms with Gasteiger partial charge in [-0.1, -0.05) is 17.7 Å². The summed E-state index contributed by atoms with van der Waals surface area (Å²) in [5.74, 6) is -1.45. The second-order valence-electron chi connectivity index (χ2n) is 10.2. The van der Waals surface area contributed by atoms with Gasteiger partial charge in [0.25, 0.3) is 0 Å². The summed E-state index contributed by atoms with van der Waals surface area (Å²) in [4.78, 5) is 37.8. The number of nitrogens with zero attached hydrogens (tertiary/aromatic N) is 1. The number of sulfonamides is 1. The SMILES string of the molecule is Cc1cc(C)c(S(=O)(=O)NC(C)(NC(=O)CC2CC(CCCNc3nc(C)c(C)[nH]3)NO2)C(=O)O)c(C)c1. The van der Waals surface area contributed by atoms with E-state index in [2.05, 4.69) is 30.8 Å². The van der Waals surface area contributed by atoms with E-state index < -0.39 is 33.7 Å². The maximum atomic E-state index is 13.1. The third kappa shape index (κ3) is 7.31. The van der Waals surface area contributed by atoms with Crippen LogP contribution in [0.2, 0.25) is 0 Å². The van der Waals surface area contributed by atoms with Crippen molar-refractivity contribution in [1.29, 1.82) is 0 Å².